The van der Waals surface area contributed by atoms with E-state index in [1.165, 1.54) is 12.1 Å². The second-order valence-electron chi connectivity index (χ2n) is 8.81. The van der Waals surface area contributed by atoms with Crippen molar-refractivity contribution in [2.45, 2.75) is 30.8 Å². The van der Waals surface area contributed by atoms with Gasteiger partial charge >= 0.3 is 12.4 Å². The Kier molecular flexibility index (Phi) is 5.85. The number of amides is 3. The lowest BCUT2D eigenvalue weighted by molar-refractivity contribution is -0.274. The molecule has 180 valence electrons. The second-order valence-corrected chi connectivity index (χ2v) is 8.81. The van der Waals surface area contributed by atoms with Gasteiger partial charge in [-0.25, -0.2) is 4.79 Å². The summed E-state index contributed by atoms with van der Waals surface area (Å²) in [5, 5.41) is 2.90. The number of morpholine rings is 1. The molecule has 2 aromatic carbocycles. The van der Waals surface area contributed by atoms with Crippen LogP contribution in [0, 0.1) is 0 Å². The molecule has 3 amide bonds. The molecule has 1 N–H and O–H groups in total. The van der Waals surface area contributed by atoms with E-state index in [0.29, 0.717) is 43.7 Å². The molecule has 0 bridgehead atoms. The fourth-order valence-corrected chi connectivity index (χ4v) is 4.77. The molecule has 3 aliphatic heterocycles. The molecular formula is C24H24F3N3O4. The van der Waals surface area contributed by atoms with Crippen LogP contribution in [0.3, 0.4) is 0 Å². The van der Waals surface area contributed by atoms with Crippen LogP contribution in [-0.2, 0) is 9.53 Å². The monoisotopic (exact) mass is 475 g/mol. The number of fused-ring (bicyclic) bond motifs is 1. The van der Waals surface area contributed by atoms with E-state index in [4.69, 9.17) is 4.74 Å². The van der Waals surface area contributed by atoms with Gasteiger partial charge in [0.1, 0.15) is 12.4 Å². The minimum atomic E-state index is -4.76. The number of carbonyl (C=O) groups is 2. The number of likely N-dealkylation sites (tertiary alicyclic amines) is 2. The van der Waals surface area contributed by atoms with Crippen LogP contribution in [0.1, 0.15) is 17.9 Å². The Morgan fingerprint density at radius 2 is 1.76 bits per heavy atom. The van der Waals surface area contributed by atoms with Gasteiger partial charge in [0.2, 0.25) is 5.91 Å². The third-order valence-corrected chi connectivity index (χ3v) is 6.55. The third-order valence-electron chi connectivity index (χ3n) is 6.55. The normalized spacial score (nSPS) is 23.1. The Morgan fingerprint density at radius 1 is 1.03 bits per heavy atom. The van der Waals surface area contributed by atoms with Gasteiger partial charge in [-0.1, -0.05) is 42.5 Å². The number of hydrogen-bond donors (Lipinski definition) is 1. The van der Waals surface area contributed by atoms with Gasteiger partial charge in [0.05, 0.1) is 12.1 Å². The average Bonchev–Trinajstić information content (AvgIpc) is 2.77. The van der Waals surface area contributed by atoms with Gasteiger partial charge in [-0.05, 0) is 23.6 Å². The number of para-hydroxylation sites is 1. The number of nitrogens with one attached hydrogen (secondary N) is 1. The van der Waals surface area contributed by atoms with Gasteiger partial charge in [-0.3, -0.25) is 4.79 Å². The van der Waals surface area contributed by atoms with E-state index in [-0.39, 0.29) is 42.4 Å². The van der Waals surface area contributed by atoms with Crippen molar-refractivity contribution in [1.82, 2.24) is 15.1 Å². The number of urea groups is 1. The first-order valence-electron chi connectivity index (χ1n) is 11.2. The van der Waals surface area contributed by atoms with Gasteiger partial charge < -0.3 is 24.6 Å². The molecule has 2 atom stereocenters. The minimum absolute atomic E-state index is 0.0453. The predicted molar refractivity (Wildman–Crippen MR) is 116 cm³/mol. The maximum absolute atomic E-state index is 12.9. The van der Waals surface area contributed by atoms with Crippen molar-refractivity contribution in [2.75, 3.05) is 32.8 Å². The van der Waals surface area contributed by atoms with Crippen molar-refractivity contribution < 1.29 is 32.2 Å². The van der Waals surface area contributed by atoms with Gasteiger partial charge in [0.15, 0.2) is 0 Å². The van der Waals surface area contributed by atoms with E-state index in [1.807, 2.05) is 12.1 Å². The molecule has 3 heterocycles. The highest BCUT2D eigenvalue weighted by Crippen LogP contribution is 2.35. The molecule has 7 nitrogen and oxygen atoms in total. The Morgan fingerprint density at radius 3 is 2.50 bits per heavy atom. The van der Waals surface area contributed by atoms with Crippen molar-refractivity contribution in [3.05, 3.63) is 54.1 Å². The number of carbonyl (C=O) groups excluding carboxylic acids is 2. The van der Waals surface area contributed by atoms with Crippen molar-refractivity contribution >= 4 is 11.9 Å². The molecule has 2 aromatic rings. The molecule has 0 saturated carbocycles. The lowest BCUT2D eigenvalue weighted by Crippen LogP contribution is -2.63. The molecular weight excluding hydrogens is 451 g/mol. The number of hydrogen-bond acceptors (Lipinski definition) is 4. The van der Waals surface area contributed by atoms with Crippen LogP contribution < -0.4 is 10.1 Å². The maximum atomic E-state index is 12.9. The largest absolute Gasteiger partial charge is 0.573 e. The van der Waals surface area contributed by atoms with Gasteiger partial charge in [0.25, 0.3) is 0 Å². The molecule has 5 rings (SSSR count). The van der Waals surface area contributed by atoms with Crippen molar-refractivity contribution in [3.63, 3.8) is 0 Å². The first kappa shape index (κ1) is 22.5. The zero-order chi connectivity index (χ0) is 23.9. The molecule has 0 radical (unpaired) electrons. The first-order valence-corrected chi connectivity index (χ1v) is 11.2. The van der Waals surface area contributed by atoms with Crippen molar-refractivity contribution in [3.8, 4) is 16.9 Å². The molecule has 3 aliphatic rings. The lowest BCUT2D eigenvalue weighted by Gasteiger charge is -2.46. The van der Waals surface area contributed by atoms with Crippen LogP contribution in [0.5, 0.6) is 5.75 Å². The summed E-state index contributed by atoms with van der Waals surface area (Å²) in [4.78, 5) is 28.0. The minimum Gasteiger partial charge on any atom is -0.405 e. The molecule has 0 aromatic heterocycles. The molecule has 0 spiro atoms. The van der Waals surface area contributed by atoms with Gasteiger partial charge in [-0.2, -0.15) is 0 Å². The van der Waals surface area contributed by atoms with E-state index in [0.717, 1.165) is 5.56 Å². The summed E-state index contributed by atoms with van der Waals surface area (Å²) in [5.41, 5.74) is 2.00. The first-order chi connectivity index (χ1) is 16.3. The van der Waals surface area contributed by atoms with Crippen LogP contribution in [-0.4, -0.2) is 73.0 Å². The average molecular weight is 475 g/mol. The predicted octanol–water partition coefficient (Wildman–Crippen LogP) is 3.36. The number of rotatable bonds is 3. The molecule has 0 unspecified atom stereocenters. The van der Waals surface area contributed by atoms with Crippen LogP contribution in [0.2, 0.25) is 0 Å². The Balaban J connectivity index is 1.19. The van der Waals surface area contributed by atoms with E-state index < -0.39 is 6.36 Å². The zero-order valence-corrected chi connectivity index (χ0v) is 18.3. The molecule has 3 saturated heterocycles. The number of nitrogens with zero attached hydrogens (tertiary/aromatic N) is 2. The van der Waals surface area contributed by atoms with Crippen LogP contribution >= 0.6 is 0 Å². The smallest absolute Gasteiger partial charge is 0.405 e. The van der Waals surface area contributed by atoms with E-state index in [9.17, 15) is 22.8 Å². The summed E-state index contributed by atoms with van der Waals surface area (Å²) in [6, 6.07) is 13.1. The van der Waals surface area contributed by atoms with Crippen molar-refractivity contribution in [2.24, 2.45) is 0 Å². The zero-order valence-electron chi connectivity index (χ0n) is 18.3. The van der Waals surface area contributed by atoms with E-state index in [1.54, 1.807) is 34.1 Å². The summed E-state index contributed by atoms with van der Waals surface area (Å²) < 4.78 is 47.8. The molecule has 10 heteroatoms. The summed E-state index contributed by atoms with van der Waals surface area (Å²) in [6.07, 6.45) is -4.12. The molecule has 0 aliphatic carbocycles. The number of piperidine rings is 1. The summed E-state index contributed by atoms with van der Waals surface area (Å²) in [6.45, 7) is 2.23. The highest BCUT2D eigenvalue weighted by Gasteiger charge is 2.40. The standard InChI is InChI=1S/C24H24F3N3O4/c25-24(26,27)34-20-4-2-1-3-18(20)16-7-5-15(6-8-16)17-11-30(12-17)23(32)29-10-9-21-19(13-29)28-22(31)14-33-21/h1-8,17,19,21H,9-14H2,(H,28,31)/t19-,21+/m1/s1. The molecule has 34 heavy (non-hydrogen) atoms. The summed E-state index contributed by atoms with van der Waals surface area (Å²) >= 11 is 0. The topological polar surface area (TPSA) is 71.1 Å². The van der Waals surface area contributed by atoms with Crippen LogP contribution in [0.4, 0.5) is 18.0 Å². The highest BCUT2D eigenvalue weighted by molar-refractivity contribution is 5.79. The SMILES string of the molecule is O=C1CO[C@H]2CCN(C(=O)N3CC(c4ccc(-c5ccccc5OC(F)(F)F)cc4)C3)C[C@H]2N1. The number of benzene rings is 2. The number of halogens is 3. The Labute approximate surface area is 194 Å². The van der Waals surface area contributed by atoms with Crippen LogP contribution in [0.15, 0.2) is 48.5 Å². The Hall–Kier alpha value is -3.27. The summed E-state index contributed by atoms with van der Waals surface area (Å²) in [5.74, 6) is -0.239. The van der Waals surface area contributed by atoms with E-state index >= 15 is 0 Å². The van der Waals surface area contributed by atoms with Crippen LogP contribution in [0.25, 0.3) is 11.1 Å². The maximum Gasteiger partial charge on any atom is 0.573 e. The number of ether oxygens (including phenoxy) is 2. The fraction of sp³-hybridized carbons (Fsp3) is 0.417. The Bertz CT molecular complexity index is 1070. The third kappa shape index (κ3) is 4.68. The number of alkyl halides is 3. The van der Waals surface area contributed by atoms with E-state index in [2.05, 4.69) is 10.1 Å². The van der Waals surface area contributed by atoms with Gasteiger partial charge in [0, 0.05) is 37.7 Å². The quantitative estimate of drug-likeness (QED) is 0.739. The van der Waals surface area contributed by atoms with Gasteiger partial charge in [-0.15, -0.1) is 13.2 Å². The second kappa shape index (κ2) is 8.83. The highest BCUT2D eigenvalue weighted by atomic mass is 19.4. The van der Waals surface area contributed by atoms with Crippen molar-refractivity contribution in [1.29, 1.82) is 0 Å². The molecule has 3 fully saturated rings. The lowest BCUT2D eigenvalue weighted by atomic mass is 9.90. The fourth-order valence-electron chi connectivity index (χ4n) is 4.77. The summed E-state index contributed by atoms with van der Waals surface area (Å²) in [7, 11) is 0.